The maximum Gasteiger partial charge on any atom is 0.322 e. The number of pyridine rings is 1. The highest BCUT2D eigenvalue weighted by atomic mass is 19.1. The number of furan rings is 1. The van der Waals surface area contributed by atoms with Crippen molar-refractivity contribution in [3.8, 4) is 5.75 Å². The molecule has 3 aromatic rings. The summed E-state index contributed by atoms with van der Waals surface area (Å²) in [6.07, 6.45) is 0.854. The Labute approximate surface area is 211 Å². The Morgan fingerprint density at radius 2 is 1.89 bits per heavy atom. The van der Waals surface area contributed by atoms with Crippen molar-refractivity contribution < 1.29 is 37.4 Å². The van der Waals surface area contributed by atoms with E-state index in [1.807, 2.05) is 13.8 Å². The van der Waals surface area contributed by atoms with Gasteiger partial charge in [-0.25, -0.2) is 9.18 Å². The van der Waals surface area contributed by atoms with E-state index in [9.17, 15) is 18.8 Å². The lowest BCUT2D eigenvalue weighted by Crippen LogP contribution is -2.52. The molecule has 4 amide bonds. The number of amides is 4. The second kappa shape index (κ2) is 10.1. The van der Waals surface area contributed by atoms with Crippen molar-refractivity contribution in [1.82, 2.24) is 20.5 Å². The van der Waals surface area contributed by atoms with E-state index >= 15 is 0 Å². The lowest BCUT2D eigenvalue weighted by atomic mass is 9.95. The molecule has 0 spiro atoms. The van der Waals surface area contributed by atoms with E-state index in [0.717, 1.165) is 0 Å². The smallest absolute Gasteiger partial charge is 0.322 e. The van der Waals surface area contributed by atoms with Crippen LogP contribution in [0.1, 0.15) is 47.4 Å². The van der Waals surface area contributed by atoms with E-state index < -0.39 is 35.5 Å². The minimum atomic E-state index is -1.75. The number of halogens is 1. The van der Waals surface area contributed by atoms with Gasteiger partial charge in [-0.05, 0) is 17.7 Å². The molecular formula is C25H27FN4O7. The molecule has 11 nitrogen and oxygen atoms in total. The van der Waals surface area contributed by atoms with Crippen molar-refractivity contribution in [2.45, 2.75) is 32.2 Å². The number of benzene rings is 1. The Kier molecular flexibility index (Phi) is 7.14. The van der Waals surface area contributed by atoms with Gasteiger partial charge < -0.3 is 28.8 Å². The first-order valence-corrected chi connectivity index (χ1v) is 11.5. The summed E-state index contributed by atoms with van der Waals surface area (Å²) < 4.78 is 36.2. The van der Waals surface area contributed by atoms with E-state index in [2.05, 4.69) is 15.6 Å². The minimum absolute atomic E-state index is 0.0337. The fraction of sp³-hybridized carbons (Fsp3) is 0.360. The van der Waals surface area contributed by atoms with Crippen LogP contribution in [0, 0.1) is 5.82 Å². The molecule has 4 heterocycles. The third kappa shape index (κ3) is 4.27. The van der Waals surface area contributed by atoms with Crippen molar-refractivity contribution in [3.05, 3.63) is 58.7 Å². The average Bonchev–Trinajstić information content (AvgIpc) is 3.55. The van der Waals surface area contributed by atoms with E-state index in [1.165, 1.54) is 44.6 Å². The summed E-state index contributed by atoms with van der Waals surface area (Å²) in [7, 11) is 4.25. The van der Waals surface area contributed by atoms with Crippen LogP contribution in [-0.2, 0) is 26.4 Å². The molecule has 2 N–H and O–H groups in total. The molecule has 1 aromatic carbocycles. The largest absolute Gasteiger partial charge is 0.494 e. The number of carbonyl (C=O) groups is 3. The first-order chi connectivity index (χ1) is 17.8. The van der Waals surface area contributed by atoms with Gasteiger partial charge in [-0.2, -0.15) is 0 Å². The molecule has 2 aliphatic rings. The van der Waals surface area contributed by atoms with Gasteiger partial charge in [0.1, 0.15) is 11.3 Å². The minimum Gasteiger partial charge on any atom is -0.494 e. The average molecular weight is 515 g/mol. The van der Waals surface area contributed by atoms with Crippen LogP contribution in [0.4, 0.5) is 9.18 Å². The summed E-state index contributed by atoms with van der Waals surface area (Å²) in [4.78, 5) is 43.9. The number of urea groups is 1. The van der Waals surface area contributed by atoms with Crippen LogP contribution in [0.25, 0.3) is 11.1 Å². The fourth-order valence-corrected chi connectivity index (χ4v) is 4.46. The zero-order valence-corrected chi connectivity index (χ0v) is 21.0. The molecule has 0 unspecified atom stereocenters. The zero-order valence-electron chi connectivity index (χ0n) is 21.0. The molecule has 0 aliphatic carbocycles. The zero-order chi connectivity index (χ0) is 26.9. The summed E-state index contributed by atoms with van der Waals surface area (Å²) >= 11 is 0. The first-order valence-electron chi connectivity index (χ1n) is 11.5. The topological polar surface area (TPSA) is 132 Å². The van der Waals surface area contributed by atoms with E-state index in [1.54, 1.807) is 12.1 Å². The standard InChI is InChI=1S/C23H21FN4O7.C2H6/c1-32-14-5-4-11-9-28(19(29)17(11)18(14)24)10-23(21(30)26-22(31)27-23)16-7-13-15(35-16)6-12(8-25-13)20(33-2)34-3;1-2/h4-8,20H,9-10H2,1-3H3,(H2,26,27,30,31);1-2H3/t23-;/m0./s1. The normalized spacial score (nSPS) is 18.6. The summed E-state index contributed by atoms with van der Waals surface area (Å²) in [5.41, 5.74) is -0.142. The van der Waals surface area contributed by atoms with Crippen molar-refractivity contribution in [1.29, 1.82) is 0 Å². The van der Waals surface area contributed by atoms with Crippen LogP contribution in [0.3, 0.4) is 0 Å². The van der Waals surface area contributed by atoms with Crippen molar-refractivity contribution in [2.75, 3.05) is 27.9 Å². The number of hydrogen-bond acceptors (Lipinski definition) is 8. The highest BCUT2D eigenvalue weighted by Crippen LogP contribution is 2.36. The third-order valence-electron chi connectivity index (χ3n) is 6.16. The van der Waals surface area contributed by atoms with Crippen LogP contribution < -0.4 is 15.4 Å². The van der Waals surface area contributed by atoms with Crippen LogP contribution in [0.2, 0.25) is 0 Å². The van der Waals surface area contributed by atoms with Crippen molar-refractivity contribution in [2.24, 2.45) is 0 Å². The van der Waals surface area contributed by atoms with Gasteiger partial charge >= 0.3 is 6.03 Å². The maximum atomic E-state index is 14.8. The van der Waals surface area contributed by atoms with Gasteiger partial charge in [0.05, 0.1) is 19.2 Å². The number of methoxy groups -OCH3 is 3. The monoisotopic (exact) mass is 514 g/mol. The first kappa shape index (κ1) is 26.0. The predicted molar refractivity (Wildman–Crippen MR) is 128 cm³/mol. The third-order valence-corrected chi connectivity index (χ3v) is 6.16. The van der Waals surface area contributed by atoms with Crippen molar-refractivity contribution in [3.63, 3.8) is 0 Å². The molecule has 2 aromatic heterocycles. The summed E-state index contributed by atoms with van der Waals surface area (Å²) in [6.45, 7) is 3.73. The molecule has 12 heteroatoms. The molecule has 1 saturated heterocycles. The number of fused-ring (bicyclic) bond motifs is 2. The van der Waals surface area contributed by atoms with E-state index in [0.29, 0.717) is 22.2 Å². The maximum absolute atomic E-state index is 14.8. The Balaban J connectivity index is 0.00000156. The Morgan fingerprint density at radius 1 is 1.16 bits per heavy atom. The van der Waals surface area contributed by atoms with Gasteiger partial charge in [-0.15, -0.1) is 0 Å². The van der Waals surface area contributed by atoms with Gasteiger partial charge in [0.15, 0.2) is 29.0 Å². The van der Waals surface area contributed by atoms with Gasteiger partial charge in [0, 0.05) is 38.6 Å². The fourth-order valence-electron chi connectivity index (χ4n) is 4.46. The number of rotatable bonds is 7. The molecule has 2 aliphatic heterocycles. The number of nitrogens with zero attached hydrogens (tertiary/aromatic N) is 2. The molecule has 37 heavy (non-hydrogen) atoms. The molecule has 1 fully saturated rings. The van der Waals surface area contributed by atoms with Gasteiger partial charge in [0.25, 0.3) is 11.8 Å². The molecular weight excluding hydrogens is 487 g/mol. The van der Waals surface area contributed by atoms with E-state index in [4.69, 9.17) is 18.6 Å². The second-order valence-electron chi connectivity index (χ2n) is 8.16. The van der Waals surface area contributed by atoms with Gasteiger partial charge in [0.2, 0.25) is 0 Å². The number of ether oxygens (including phenoxy) is 3. The molecule has 196 valence electrons. The number of imide groups is 1. The van der Waals surface area contributed by atoms with Crippen LogP contribution in [0.15, 0.2) is 34.9 Å². The Morgan fingerprint density at radius 3 is 2.51 bits per heavy atom. The number of hydrogen-bond donors (Lipinski definition) is 2. The van der Waals surface area contributed by atoms with Crippen LogP contribution in [0.5, 0.6) is 5.75 Å². The number of carbonyl (C=O) groups excluding carboxylic acids is 3. The molecule has 1 atom stereocenters. The predicted octanol–water partition coefficient (Wildman–Crippen LogP) is 2.98. The van der Waals surface area contributed by atoms with Gasteiger partial charge in [-0.3, -0.25) is 19.9 Å². The molecule has 5 rings (SSSR count). The van der Waals surface area contributed by atoms with E-state index in [-0.39, 0.29) is 30.2 Å². The van der Waals surface area contributed by atoms with Gasteiger partial charge in [-0.1, -0.05) is 19.9 Å². The summed E-state index contributed by atoms with van der Waals surface area (Å²) in [6, 6.07) is 5.42. The summed E-state index contributed by atoms with van der Waals surface area (Å²) in [5, 5.41) is 4.78. The highest BCUT2D eigenvalue weighted by molar-refractivity contribution is 6.08. The molecule has 0 radical (unpaired) electrons. The van der Waals surface area contributed by atoms with Crippen LogP contribution >= 0.6 is 0 Å². The Hall–Kier alpha value is -4.03. The number of nitrogens with one attached hydrogen (secondary N) is 2. The van der Waals surface area contributed by atoms with Crippen LogP contribution in [-0.4, -0.2) is 55.6 Å². The molecule has 0 saturated carbocycles. The number of aromatic nitrogens is 1. The quantitative estimate of drug-likeness (QED) is 0.363. The van der Waals surface area contributed by atoms with Crippen molar-refractivity contribution >= 4 is 28.9 Å². The molecule has 0 bridgehead atoms. The highest BCUT2D eigenvalue weighted by Gasteiger charge is 2.53. The Bertz CT molecular complexity index is 1370. The SMILES string of the molecule is CC.COc1ccc2c(c1F)C(=O)N(C[C@@]1(c3cc4ncc(C(OC)OC)cc4o3)NC(=O)NC1=O)C2. The lowest BCUT2D eigenvalue weighted by molar-refractivity contribution is -0.125. The lowest BCUT2D eigenvalue weighted by Gasteiger charge is -2.28. The summed E-state index contributed by atoms with van der Waals surface area (Å²) in [5.74, 6) is -2.13. The second-order valence-corrected chi connectivity index (χ2v) is 8.16.